The number of carbonyl (C=O) groups excluding carboxylic acids is 1. The molecule has 0 aliphatic carbocycles. The average Bonchev–Trinajstić information content (AvgIpc) is 2.19. The predicted molar refractivity (Wildman–Crippen MR) is 55.7 cm³/mol. The van der Waals surface area contributed by atoms with E-state index >= 15 is 0 Å². The molecule has 0 saturated heterocycles. The molecule has 0 amide bonds. The summed E-state index contributed by atoms with van der Waals surface area (Å²) in [6, 6.07) is 2.86. The number of ether oxygens (including phenoxy) is 1. The Labute approximate surface area is 89.8 Å². The van der Waals surface area contributed by atoms with Gasteiger partial charge in [-0.05, 0) is 28.1 Å². The van der Waals surface area contributed by atoms with Crippen LogP contribution in [0.3, 0.4) is 0 Å². The fourth-order valence-electron chi connectivity index (χ4n) is 1.03. The van der Waals surface area contributed by atoms with E-state index in [-0.39, 0.29) is 18.1 Å². The smallest absolute Gasteiger partial charge is 0.177 e. The van der Waals surface area contributed by atoms with Gasteiger partial charge in [0.05, 0.1) is 13.7 Å². The minimum absolute atomic E-state index is 0.0764. The van der Waals surface area contributed by atoms with Crippen LogP contribution in [-0.2, 0) is 0 Å². The molecule has 14 heavy (non-hydrogen) atoms. The lowest BCUT2D eigenvalue weighted by molar-refractivity contribution is 0.1000. The summed E-state index contributed by atoms with van der Waals surface area (Å²) in [5.41, 5.74) is 5.56. The fraction of sp³-hybridized carbons (Fsp3) is 0.222. The number of phenolic OH excluding ortho intramolecular Hbond substituents is 1. The molecule has 0 spiro atoms. The first-order valence-electron chi connectivity index (χ1n) is 3.90. The van der Waals surface area contributed by atoms with Crippen LogP contribution in [0.2, 0.25) is 0 Å². The second-order valence-corrected chi connectivity index (χ2v) is 3.49. The number of nitrogens with two attached hydrogens (primary N) is 1. The van der Waals surface area contributed by atoms with Crippen molar-refractivity contribution in [3.63, 3.8) is 0 Å². The summed E-state index contributed by atoms with van der Waals surface area (Å²) in [7, 11) is 1.44. The Bertz CT molecular complexity index is 365. The maximum atomic E-state index is 11.3. The lowest BCUT2D eigenvalue weighted by Gasteiger charge is -2.07. The van der Waals surface area contributed by atoms with Gasteiger partial charge in [-0.3, -0.25) is 4.79 Å². The zero-order valence-corrected chi connectivity index (χ0v) is 9.17. The normalized spacial score (nSPS) is 9.93. The van der Waals surface area contributed by atoms with Crippen LogP contribution in [0, 0.1) is 0 Å². The van der Waals surface area contributed by atoms with Gasteiger partial charge in [0.2, 0.25) is 0 Å². The highest BCUT2D eigenvalue weighted by atomic mass is 79.9. The molecule has 1 aromatic carbocycles. The molecule has 0 saturated carbocycles. The van der Waals surface area contributed by atoms with Gasteiger partial charge in [0.15, 0.2) is 17.3 Å². The molecule has 5 heteroatoms. The largest absolute Gasteiger partial charge is 0.504 e. The maximum absolute atomic E-state index is 11.3. The van der Waals surface area contributed by atoms with Gasteiger partial charge < -0.3 is 15.6 Å². The van der Waals surface area contributed by atoms with Crippen molar-refractivity contribution in [2.75, 3.05) is 13.7 Å². The quantitative estimate of drug-likeness (QED) is 0.803. The van der Waals surface area contributed by atoms with E-state index < -0.39 is 0 Å². The molecule has 0 fully saturated rings. The van der Waals surface area contributed by atoms with Gasteiger partial charge in [0.1, 0.15) is 0 Å². The summed E-state index contributed by atoms with van der Waals surface area (Å²) in [5, 5.41) is 9.42. The number of carbonyl (C=O) groups is 1. The first-order valence-corrected chi connectivity index (χ1v) is 4.69. The van der Waals surface area contributed by atoms with Gasteiger partial charge in [0.25, 0.3) is 0 Å². The zero-order valence-electron chi connectivity index (χ0n) is 7.58. The number of methoxy groups -OCH3 is 1. The molecule has 0 aliphatic heterocycles. The summed E-state index contributed by atoms with van der Waals surface area (Å²) in [4.78, 5) is 11.3. The predicted octanol–water partition coefficient (Wildman–Crippen LogP) is 1.30. The number of rotatable bonds is 3. The van der Waals surface area contributed by atoms with Crippen molar-refractivity contribution in [2.24, 2.45) is 5.73 Å². The van der Waals surface area contributed by atoms with Crippen LogP contribution in [0.15, 0.2) is 16.6 Å². The molecule has 76 valence electrons. The van der Waals surface area contributed by atoms with E-state index in [0.29, 0.717) is 15.8 Å². The van der Waals surface area contributed by atoms with Crippen LogP contribution < -0.4 is 10.5 Å². The number of halogens is 1. The van der Waals surface area contributed by atoms with Gasteiger partial charge in [-0.1, -0.05) is 0 Å². The molecule has 0 atom stereocenters. The molecule has 3 N–H and O–H groups in total. The molecule has 0 heterocycles. The Hall–Kier alpha value is -1.07. The van der Waals surface area contributed by atoms with Gasteiger partial charge >= 0.3 is 0 Å². The molecule has 0 radical (unpaired) electrons. The highest BCUT2D eigenvalue weighted by Gasteiger charge is 2.12. The standard InChI is InChI=1S/C9H10BrNO3/c1-14-9-3-6(10)5(2-7(9)12)8(13)4-11/h2-3,12H,4,11H2,1H3. The van der Waals surface area contributed by atoms with Crippen LogP contribution >= 0.6 is 15.9 Å². The molecule has 0 aliphatic rings. The number of hydrogen-bond acceptors (Lipinski definition) is 4. The second-order valence-electron chi connectivity index (χ2n) is 2.63. The lowest BCUT2D eigenvalue weighted by atomic mass is 10.1. The monoisotopic (exact) mass is 259 g/mol. The highest BCUT2D eigenvalue weighted by molar-refractivity contribution is 9.10. The Morgan fingerprint density at radius 2 is 2.29 bits per heavy atom. The van der Waals surface area contributed by atoms with E-state index in [4.69, 9.17) is 10.5 Å². The Balaban J connectivity index is 3.21. The van der Waals surface area contributed by atoms with E-state index in [1.165, 1.54) is 19.2 Å². The number of benzene rings is 1. The van der Waals surface area contributed by atoms with Crippen molar-refractivity contribution in [1.82, 2.24) is 0 Å². The van der Waals surface area contributed by atoms with Crippen LogP contribution in [0.4, 0.5) is 0 Å². The maximum Gasteiger partial charge on any atom is 0.177 e. The van der Waals surface area contributed by atoms with E-state index in [1.54, 1.807) is 0 Å². The van der Waals surface area contributed by atoms with Crippen molar-refractivity contribution in [2.45, 2.75) is 0 Å². The summed E-state index contributed by atoms with van der Waals surface area (Å²) in [6.07, 6.45) is 0. The molecule has 0 unspecified atom stereocenters. The van der Waals surface area contributed by atoms with E-state index in [0.717, 1.165) is 0 Å². The first-order chi connectivity index (χ1) is 6.60. The molecular weight excluding hydrogens is 250 g/mol. The highest BCUT2D eigenvalue weighted by Crippen LogP contribution is 2.32. The molecule has 0 bridgehead atoms. The van der Waals surface area contributed by atoms with Gasteiger partial charge in [-0.2, -0.15) is 0 Å². The zero-order chi connectivity index (χ0) is 10.7. The van der Waals surface area contributed by atoms with Gasteiger partial charge in [-0.15, -0.1) is 0 Å². The van der Waals surface area contributed by atoms with Crippen LogP contribution in [0.25, 0.3) is 0 Å². The van der Waals surface area contributed by atoms with Crippen LogP contribution in [0.1, 0.15) is 10.4 Å². The third kappa shape index (κ3) is 2.05. The van der Waals surface area contributed by atoms with E-state index in [2.05, 4.69) is 15.9 Å². The number of aromatic hydroxyl groups is 1. The average molecular weight is 260 g/mol. The summed E-state index contributed by atoms with van der Waals surface area (Å²) in [6.45, 7) is -0.0929. The molecule has 1 rings (SSSR count). The van der Waals surface area contributed by atoms with Crippen molar-refractivity contribution in [1.29, 1.82) is 0 Å². The SMILES string of the molecule is COc1cc(Br)c(C(=O)CN)cc1O. The Kier molecular flexibility index (Phi) is 3.49. The van der Waals surface area contributed by atoms with Crippen molar-refractivity contribution in [3.8, 4) is 11.5 Å². The molecule has 0 aromatic heterocycles. The number of phenols is 1. The van der Waals surface area contributed by atoms with Gasteiger partial charge in [-0.25, -0.2) is 0 Å². The topological polar surface area (TPSA) is 72.5 Å². The molecule has 1 aromatic rings. The Morgan fingerprint density at radius 1 is 1.64 bits per heavy atom. The van der Waals surface area contributed by atoms with Crippen molar-refractivity contribution >= 4 is 21.7 Å². The second kappa shape index (κ2) is 4.43. The first kappa shape index (κ1) is 11.0. The number of Topliss-reactive ketones (excluding diaryl/α,β-unsaturated/α-hetero) is 1. The summed E-state index contributed by atoms with van der Waals surface area (Å²) < 4.78 is 5.43. The van der Waals surface area contributed by atoms with Crippen LogP contribution in [-0.4, -0.2) is 24.5 Å². The van der Waals surface area contributed by atoms with Gasteiger partial charge in [0, 0.05) is 10.0 Å². The number of hydrogen-bond donors (Lipinski definition) is 2. The lowest BCUT2D eigenvalue weighted by Crippen LogP contribution is -2.14. The molecular formula is C9H10BrNO3. The number of ketones is 1. The third-order valence-corrected chi connectivity index (χ3v) is 2.41. The molecule has 4 nitrogen and oxygen atoms in total. The fourth-order valence-corrected chi connectivity index (χ4v) is 1.57. The van der Waals surface area contributed by atoms with Crippen LogP contribution in [0.5, 0.6) is 11.5 Å². The van der Waals surface area contributed by atoms with E-state index in [9.17, 15) is 9.90 Å². The van der Waals surface area contributed by atoms with Crippen molar-refractivity contribution < 1.29 is 14.6 Å². The summed E-state index contributed by atoms with van der Waals surface area (Å²) in [5.74, 6) is -0.00669. The van der Waals surface area contributed by atoms with E-state index in [1.807, 2.05) is 0 Å². The van der Waals surface area contributed by atoms with Crippen molar-refractivity contribution in [3.05, 3.63) is 22.2 Å². The minimum Gasteiger partial charge on any atom is -0.504 e. The minimum atomic E-state index is -0.241. The third-order valence-electron chi connectivity index (χ3n) is 1.75. The Morgan fingerprint density at radius 3 is 2.79 bits per heavy atom. The summed E-state index contributed by atoms with van der Waals surface area (Å²) >= 11 is 3.20.